The third-order valence-electron chi connectivity index (χ3n) is 5.51. The number of nitrogens with zero attached hydrogens (tertiary/aromatic N) is 1. The molecule has 2 saturated heterocycles. The first-order valence-electron chi connectivity index (χ1n) is 8.34. The first-order chi connectivity index (χ1) is 10.4. The van der Waals surface area contributed by atoms with Gasteiger partial charge in [0.15, 0.2) is 0 Å². The molecule has 0 bridgehead atoms. The summed E-state index contributed by atoms with van der Waals surface area (Å²) in [6.45, 7) is 3.74. The van der Waals surface area contributed by atoms with Gasteiger partial charge < -0.3 is 5.32 Å². The highest BCUT2D eigenvalue weighted by atomic mass is 15.2. The minimum Gasteiger partial charge on any atom is -0.384 e. The monoisotopic (exact) mass is 280 g/mol. The molecule has 2 aromatic carbocycles. The molecule has 2 aliphatic rings. The van der Waals surface area contributed by atoms with Crippen LogP contribution in [0.4, 0.5) is 5.69 Å². The normalized spacial score (nSPS) is 20.8. The molecule has 4 rings (SSSR count). The van der Waals surface area contributed by atoms with E-state index in [9.17, 15) is 0 Å². The van der Waals surface area contributed by atoms with Gasteiger partial charge in [0.2, 0.25) is 0 Å². The van der Waals surface area contributed by atoms with Crippen molar-refractivity contribution in [2.45, 2.75) is 37.6 Å². The van der Waals surface area contributed by atoms with E-state index in [0.717, 1.165) is 6.54 Å². The molecule has 0 aliphatic carbocycles. The van der Waals surface area contributed by atoms with E-state index in [0.29, 0.717) is 5.54 Å². The Balaban J connectivity index is 1.47. The van der Waals surface area contributed by atoms with Crippen LogP contribution in [0.15, 0.2) is 42.5 Å². The maximum atomic E-state index is 3.70. The van der Waals surface area contributed by atoms with Crippen LogP contribution in [-0.2, 0) is 0 Å². The predicted octanol–water partition coefficient (Wildman–Crippen LogP) is 4.27. The van der Waals surface area contributed by atoms with E-state index >= 15 is 0 Å². The summed E-state index contributed by atoms with van der Waals surface area (Å²) in [4.78, 5) is 2.75. The van der Waals surface area contributed by atoms with Crippen molar-refractivity contribution in [1.29, 1.82) is 0 Å². The van der Waals surface area contributed by atoms with E-state index in [1.54, 1.807) is 0 Å². The molecule has 0 radical (unpaired) electrons. The summed E-state index contributed by atoms with van der Waals surface area (Å²) in [7, 11) is 0. The molecule has 2 fully saturated rings. The molecule has 21 heavy (non-hydrogen) atoms. The Morgan fingerprint density at radius 2 is 1.71 bits per heavy atom. The summed E-state index contributed by atoms with van der Waals surface area (Å²) < 4.78 is 0. The molecule has 0 spiro atoms. The van der Waals surface area contributed by atoms with E-state index in [4.69, 9.17) is 0 Å². The van der Waals surface area contributed by atoms with Gasteiger partial charge in [0.05, 0.1) is 0 Å². The lowest BCUT2D eigenvalue weighted by molar-refractivity contribution is 0.187. The average Bonchev–Trinajstić information content (AvgIpc) is 3.07. The van der Waals surface area contributed by atoms with Crippen LogP contribution >= 0.6 is 0 Å². The van der Waals surface area contributed by atoms with Gasteiger partial charge in [0, 0.05) is 23.2 Å². The summed E-state index contributed by atoms with van der Waals surface area (Å²) in [5.41, 5.74) is 1.81. The molecule has 2 nitrogen and oxygen atoms in total. The van der Waals surface area contributed by atoms with E-state index in [1.807, 2.05) is 0 Å². The average molecular weight is 280 g/mol. The fraction of sp³-hybridized carbons (Fsp3) is 0.474. The maximum absolute atomic E-state index is 3.70. The second kappa shape index (κ2) is 5.34. The molecule has 0 amide bonds. The van der Waals surface area contributed by atoms with Crippen LogP contribution < -0.4 is 5.32 Å². The highest BCUT2D eigenvalue weighted by Gasteiger charge is 2.43. The molecule has 0 unspecified atom stereocenters. The highest BCUT2D eigenvalue weighted by molar-refractivity contribution is 5.93. The Morgan fingerprint density at radius 1 is 0.952 bits per heavy atom. The van der Waals surface area contributed by atoms with Gasteiger partial charge in [0.25, 0.3) is 0 Å². The van der Waals surface area contributed by atoms with Gasteiger partial charge in [-0.1, -0.05) is 36.4 Å². The number of hydrogen-bond acceptors (Lipinski definition) is 2. The number of fused-ring (bicyclic) bond motifs is 2. The second-order valence-corrected chi connectivity index (χ2v) is 6.62. The number of benzene rings is 2. The molecule has 2 heteroatoms. The van der Waals surface area contributed by atoms with Crippen LogP contribution in [0.1, 0.15) is 32.1 Å². The molecular weight excluding hydrogens is 256 g/mol. The van der Waals surface area contributed by atoms with Gasteiger partial charge in [-0.2, -0.15) is 0 Å². The van der Waals surface area contributed by atoms with Gasteiger partial charge in [0.1, 0.15) is 0 Å². The van der Waals surface area contributed by atoms with Crippen molar-refractivity contribution in [3.8, 4) is 0 Å². The SMILES string of the molecule is c1ccc2c(NCCC34CCCN3CCC4)cccc2c1. The van der Waals surface area contributed by atoms with Crippen LogP contribution in [0.5, 0.6) is 0 Å². The van der Waals surface area contributed by atoms with E-state index < -0.39 is 0 Å². The topological polar surface area (TPSA) is 15.3 Å². The lowest BCUT2D eigenvalue weighted by Gasteiger charge is -2.32. The van der Waals surface area contributed by atoms with Crippen molar-refractivity contribution in [2.75, 3.05) is 25.0 Å². The molecule has 1 N–H and O–H groups in total. The Kier molecular flexibility index (Phi) is 3.34. The number of rotatable bonds is 4. The Hall–Kier alpha value is -1.54. The molecule has 2 aliphatic heterocycles. The van der Waals surface area contributed by atoms with Crippen molar-refractivity contribution in [1.82, 2.24) is 4.90 Å². The number of hydrogen-bond donors (Lipinski definition) is 1. The molecule has 2 heterocycles. The van der Waals surface area contributed by atoms with Gasteiger partial charge in [-0.15, -0.1) is 0 Å². The summed E-state index contributed by atoms with van der Waals surface area (Å²) in [5, 5.41) is 6.36. The van der Waals surface area contributed by atoms with Crippen LogP contribution in [0.2, 0.25) is 0 Å². The minimum atomic E-state index is 0.525. The van der Waals surface area contributed by atoms with E-state index in [1.165, 1.54) is 61.7 Å². The first kappa shape index (κ1) is 13.1. The smallest absolute Gasteiger partial charge is 0.0419 e. The number of anilines is 1. The Labute approximate surface area is 127 Å². The molecule has 2 aromatic rings. The van der Waals surface area contributed by atoms with E-state index in [-0.39, 0.29) is 0 Å². The number of nitrogens with one attached hydrogen (secondary N) is 1. The van der Waals surface area contributed by atoms with Gasteiger partial charge in [-0.25, -0.2) is 0 Å². The summed E-state index contributed by atoms with van der Waals surface area (Å²) >= 11 is 0. The van der Waals surface area contributed by atoms with Crippen LogP contribution in [0, 0.1) is 0 Å². The third kappa shape index (κ3) is 2.32. The van der Waals surface area contributed by atoms with Gasteiger partial charge in [-0.05, 0) is 56.6 Å². The summed E-state index contributed by atoms with van der Waals surface area (Å²) in [6, 6.07) is 15.2. The lowest BCUT2D eigenvalue weighted by atomic mass is 9.90. The minimum absolute atomic E-state index is 0.525. The van der Waals surface area contributed by atoms with Crippen molar-refractivity contribution < 1.29 is 0 Å². The second-order valence-electron chi connectivity index (χ2n) is 6.62. The molecule has 0 aromatic heterocycles. The summed E-state index contributed by atoms with van der Waals surface area (Å²) in [5.74, 6) is 0. The fourth-order valence-electron chi connectivity index (χ4n) is 4.44. The van der Waals surface area contributed by atoms with Gasteiger partial charge >= 0.3 is 0 Å². The maximum Gasteiger partial charge on any atom is 0.0419 e. The zero-order valence-electron chi connectivity index (χ0n) is 12.6. The van der Waals surface area contributed by atoms with Crippen molar-refractivity contribution in [2.24, 2.45) is 0 Å². The fourth-order valence-corrected chi connectivity index (χ4v) is 4.44. The van der Waals surface area contributed by atoms with Gasteiger partial charge in [-0.3, -0.25) is 4.90 Å². The Morgan fingerprint density at radius 3 is 2.57 bits per heavy atom. The van der Waals surface area contributed by atoms with Crippen molar-refractivity contribution >= 4 is 16.5 Å². The first-order valence-corrected chi connectivity index (χ1v) is 8.34. The Bertz CT molecular complexity index is 619. The molecule has 0 saturated carbocycles. The zero-order chi connectivity index (χ0) is 14.1. The van der Waals surface area contributed by atoms with Crippen molar-refractivity contribution in [3.63, 3.8) is 0 Å². The third-order valence-corrected chi connectivity index (χ3v) is 5.51. The van der Waals surface area contributed by atoms with Crippen molar-refractivity contribution in [3.05, 3.63) is 42.5 Å². The van der Waals surface area contributed by atoms with Crippen LogP contribution in [0.25, 0.3) is 10.8 Å². The quantitative estimate of drug-likeness (QED) is 0.899. The van der Waals surface area contributed by atoms with E-state index in [2.05, 4.69) is 52.7 Å². The predicted molar refractivity (Wildman–Crippen MR) is 89.8 cm³/mol. The zero-order valence-corrected chi connectivity index (χ0v) is 12.6. The molecular formula is C19H24N2. The van der Waals surface area contributed by atoms with Crippen LogP contribution in [-0.4, -0.2) is 30.1 Å². The standard InChI is InChI=1S/C19H24N2/c1-2-8-17-16(6-1)7-3-9-18(17)20-13-12-19-10-4-14-21(19)15-5-11-19/h1-3,6-9,20H,4-5,10-15H2. The molecule has 0 atom stereocenters. The lowest BCUT2D eigenvalue weighted by Crippen LogP contribution is -2.39. The summed E-state index contributed by atoms with van der Waals surface area (Å²) in [6.07, 6.45) is 6.90. The molecule has 110 valence electrons. The largest absolute Gasteiger partial charge is 0.384 e. The van der Waals surface area contributed by atoms with Crippen LogP contribution in [0.3, 0.4) is 0 Å². The highest BCUT2D eigenvalue weighted by Crippen LogP contribution is 2.41.